The van der Waals surface area contributed by atoms with Crippen LogP contribution >= 0.6 is 0 Å². The number of carbonyl (C=O) groups excluding carboxylic acids is 3. The second-order valence-corrected chi connectivity index (χ2v) is 4.87. The average molecular weight is 304 g/mol. The van der Waals surface area contributed by atoms with Crippen LogP contribution in [0.5, 0.6) is 0 Å². The zero-order valence-corrected chi connectivity index (χ0v) is 13.1. The summed E-state index contributed by atoms with van der Waals surface area (Å²) >= 11 is 0. The van der Waals surface area contributed by atoms with Crippen molar-refractivity contribution in [2.75, 3.05) is 13.2 Å². The largest absolute Gasteiger partial charge is 0.462 e. The fraction of sp³-hybridized carbons (Fsp3) is 0.769. The van der Waals surface area contributed by atoms with Crippen LogP contribution in [0.2, 0.25) is 0 Å². The molecule has 2 amide bonds. The minimum Gasteiger partial charge on any atom is -0.462 e. The third-order valence-electron chi connectivity index (χ3n) is 1.99. The zero-order valence-electron chi connectivity index (χ0n) is 13.1. The van der Waals surface area contributed by atoms with E-state index in [2.05, 4.69) is 10.6 Å². The predicted molar refractivity (Wildman–Crippen MR) is 74.8 cm³/mol. The molecule has 0 aromatic carbocycles. The third-order valence-corrected chi connectivity index (χ3v) is 1.99. The van der Waals surface area contributed by atoms with E-state index in [1.807, 2.05) is 0 Å². The maximum absolute atomic E-state index is 11.6. The number of rotatable bonds is 7. The molecule has 2 N–H and O–H groups in total. The van der Waals surface area contributed by atoms with E-state index < -0.39 is 24.2 Å². The van der Waals surface area contributed by atoms with Crippen LogP contribution in [0, 0.1) is 0 Å². The van der Waals surface area contributed by atoms with E-state index in [1.165, 1.54) is 6.92 Å². The van der Waals surface area contributed by atoms with Gasteiger partial charge in [0.2, 0.25) is 0 Å². The van der Waals surface area contributed by atoms with Crippen LogP contribution < -0.4 is 10.6 Å². The fourth-order valence-electron chi connectivity index (χ4n) is 1.17. The number of alkyl carbamates (subject to hydrolysis) is 2. The monoisotopic (exact) mass is 304 g/mol. The Hall–Kier alpha value is -1.99. The van der Waals surface area contributed by atoms with Gasteiger partial charge >= 0.3 is 18.2 Å². The van der Waals surface area contributed by atoms with Crippen LogP contribution in [0.1, 0.15) is 34.6 Å². The van der Waals surface area contributed by atoms with Crippen molar-refractivity contribution in [1.29, 1.82) is 0 Å². The van der Waals surface area contributed by atoms with Gasteiger partial charge in [-0.2, -0.15) is 0 Å². The number of nitrogens with one attached hydrogen (secondary N) is 2. The van der Waals surface area contributed by atoms with E-state index in [4.69, 9.17) is 14.2 Å². The zero-order chi connectivity index (χ0) is 16.4. The van der Waals surface area contributed by atoms with Gasteiger partial charge in [0.05, 0.1) is 18.8 Å². The van der Waals surface area contributed by atoms with Crippen molar-refractivity contribution in [3.05, 3.63) is 0 Å². The molecule has 0 radical (unpaired) electrons. The molecule has 0 aliphatic heterocycles. The maximum Gasteiger partial charge on any atom is 0.408 e. The van der Waals surface area contributed by atoms with E-state index in [1.54, 1.807) is 27.7 Å². The molecule has 0 saturated heterocycles. The Morgan fingerprint density at radius 2 is 1.43 bits per heavy atom. The molecule has 0 bridgehead atoms. The molecule has 0 spiro atoms. The first-order valence-electron chi connectivity index (χ1n) is 6.80. The summed E-state index contributed by atoms with van der Waals surface area (Å²) in [5.74, 6) is -0.616. The second kappa shape index (κ2) is 9.84. The van der Waals surface area contributed by atoms with Crippen molar-refractivity contribution in [3.63, 3.8) is 0 Å². The first kappa shape index (κ1) is 19.0. The Labute approximate surface area is 124 Å². The number of ether oxygens (including phenoxy) is 3. The predicted octanol–water partition coefficient (Wildman–Crippen LogP) is 1.19. The van der Waals surface area contributed by atoms with Gasteiger partial charge in [-0.1, -0.05) is 0 Å². The van der Waals surface area contributed by atoms with Crippen LogP contribution in [-0.4, -0.2) is 49.6 Å². The Kier molecular flexibility index (Phi) is 8.91. The first-order valence-corrected chi connectivity index (χ1v) is 6.80. The molecule has 0 aromatic heterocycles. The van der Waals surface area contributed by atoms with Crippen LogP contribution in [-0.2, 0) is 19.0 Å². The van der Waals surface area contributed by atoms with Crippen LogP contribution in [0.3, 0.4) is 0 Å². The lowest BCUT2D eigenvalue weighted by Gasteiger charge is -2.15. The van der Waals surface area contributed by atoms with Crippen molar-refractivity contribution >= 4 is 18.2 Å². The molecule has 0 aliphatic rings. The molecule has 0 fully saturated rings. The van der Waals surface area contributed by atoms with Crippen molar-refractivity contribution in [2.24, 2.45) is 0 Å². The Balaban J connectivity index is 3.83. The summed E-state index contributed by atoms with van der Waals surface area (Å²) in [6.45, 7) is 8.43. The highest BCUT2D eigenvalue weighted by atomic mass is 16.6. The van der Waals surface area contributed by atoms with Gasteiger partial charge in [0.25, 0.3) is 0 Å². The van der Waals surface area contributed by atoms with E-state index in [0.29, 0.717) is 0 Å². The SMILES string of the molecule is CC(C)OC(=O)NCCOC(=O)C(C)NC(=O)OC(C)C. The van der Waals surface area contributed by atoms with Gasteiger partial charge in [-0.15, -0.1) is 0 Å². The highest BCUT2D eigenvalue weighted by Crippen LogP contribution is 1.93. The third kappa shape index (κ3) is 10.5. The molecule has 0 aromatic rings. The van der Waals surface area contributed by atoms with Crippen molar-refractivity contribution < 1.29 is 28.6 Å². The molecule has 0 heterocycles. The van der Waals surface area contributed by atoms with Crippen molar-refractivity contribution in [1.82, 2.24) is 10.6 Å². The standard InChI is InChI=1S/C13H24N2O6/c1-8(2)20-12(17)14-6-7-19-11(16)10(5)15-13(18)21-9(3)4/h8-10H,6-7H2,1-5H3,(H,14,17)(H,15,18). The topological polar surface area (TPSA) is 103 Å². The molecule has 21 heavy (non-hydrogen) atoms. The summed E-state index contributed by atoms with van der Waals surface area (Å²) in [6.07, 6.45) is -1.76. The van der Waals surface area contributed by atoms with Gasteiger partial charge < -0.3 is 24.8 Å². The van der Waals surface area contributed by atoms with Gasteiger partial charge in [0.15, 0.2) is 0 Å². The lowest BCUT2D eigenvalue weighted by atomic mass is 10.3. The first-order chi connectivity index (χ1) is 9.72. The molecule has 1 atom stereocenters. The minimum atomic E-state index is -0.834. The molecule has 8 heteroatoms. The normalized spacial score (nSPS) is 11.8. The maximum atomic E-state index is 11.6. The molecule has 0 saturated carbocycles. The quantitative estimate of drug-likeness (QED) is 0.416. The Bertz CT molecular complexity index is 357. The Morgan fingerprint density at radius 3 is 1.95 bits per heavy atom. The van der Waals surface area contributed by atoms with Crippen molar-refractivity contribution in [2.45, 2.75) is 52.9 Å². The van der Waals surface area contributed by atoms with Crippen LogP contribution in [0.25, 0.3) is 0 Å². The summed E-state index contributed by atoms with van der Waals surface area (Å²) in [7, 11) is 0. The van der Waals surface area contributed by atoms with Crippen LogP contribution in [0.4, 0.5) is 9.59 Å². The van der Waals surface area contributed by atoms with Crippen molar-refractivity contribution in [3.8, 4) is 0 Å². The average Bonchev–Trinajstić information content (AvgIpc) is 2.32. The lowest BCUT2D eigenvalue weighted by Crippen LogP contribution is -2.41. The number of hydrogen-bond donors (Lipinski definition) is 2. The fourth-order valence-corrected chi connectivity index (χ4v) is 1.17. The molecule has 0 rings (SSSR count). The summed E-state index contributed by atoms with van der Waals surface area (Å²) in [4.78, 5) is 34.0. The van der Waals surface area contributed by atoms with Gasteiger partial charge in [0, 0.05) is 0 Å². The van der Waals surface area contributed by atoms with Gasteiger partial charge in [-0.3, -0.25) is 0 Å². The molecule has 8 nitrogen and oxygen atoms in total. The van der Waals surface area contributed by atoms with E-state index in [-0.39, 0.29) is 25.4 Å². The highest BCUT2D eigenvalue weighted by molar-refractivity contribution is 5.80. The molecule has 0 aliphatic carbocycles. The van der Waals surface area contributed by atoms with Gasteiger partial charge in [0.1, 0.15) is 12.6 Å². The van der Waals surface area contributed by atoms with Gasteiger partial charge in [-0.05, 0) is 34.6 Å². The molecular formula is C13H24N2O6. The van der Waals surface area contributed by atoms with Gasteiger partial charge in [-0.25, -0.2) is 14.4 Å². The van der Waals surface area contributed by atoms with Crippen LogP contribution in [0.15, 0.2) is 0 Å². The number of hydrogen-bond acceptors (Lipinski definition) is 6. The number of esters is 1. The smallest absolute Gasteiger partial charge is 0.408 e. The second-order valence-electron chi connectivity index (χ2n) is 4.87. The lowest BCUT2D eigenvalue weighted by molar-refractivity contribution is -0.145. The molecular weight excluding hydrogens is 280 g/mol. The van der Waals surface area contributed by atoms with E-state index in [9.17, 15) is 14.4 Å². The minimum absolute atomic E-state index is 0.0166. The summed E-state index contributed by atoms with van der Waals surface area (Å²) in [6, 6.07) is -0.834. The summed E-state index contributed by atoms with van der Waals surface area (Å²) in [5, 5.41) is 4.76. The van der Waals surface area contributed by atoms with E-state index >= 15 is 0 Å². The number of amides is 2. The van der Waals surface area contributed by atoms with E-state index in [0.717, 1.165) is 0 Å². The molecule has 122 valence electrons. The number of carbonyl (C=O) groups is 3. The highest BCUT2D eigenvalue weighted by Gasteiger charge is 2.18. The Morgan fingerprint density at radius 1 is 0.905 bits per heavy atom. The summed E-state index contributed by atoms with van der Waals surface area (Å²) in [5.41, 5.74) is 0. The molecule has 1 unspecified atom stereocenters. The summed E-state index contributed by atoms with van der Waals surface area (Å²) < 4.78 is 14.5.